The summed E-state index contributed by atoms with van der Waals surface area (Å²) in [6.45, 7) is 3.56. The molecule has 0 radical (unpaired) electrons. The van der Waals surface area contributed by atoms with Crippen molar-refractivity contribution in [3.63, 3.8) is 0 Å². The Morgan fingerprint density at radius 2 is 1.79 bits per heavy atom. The highest BCUT2D eigenvalue weighted by molar-refractivity contribution is 6.35. The topological polar surface area (TPSA) is 50.4 Å². The van der Waals surface area contributed by atoms with Crippen molar-refractivity contribution in [2.24, 2.45) is 4.99 Å². The molecular weight excluding hydrogens is 391 g/mol. The van der Waals surface area contributed by atoms with E-state index in [1.165, 1.54) is 6.07 Å². The number of benzene rings is 2. The normalized spacial score (nSPS) is 16.2. The largest absolute Gasteiger partial charge is 0.416 e. The van der Waals surface area contributed by atoms with Crippen molar-refractivity contribution in [2.45, 2.75) is 26.3 Å². The van der Waals surface area contributed by atoms with E-state index in [9.17, 15) is 18.3 Å². The number of aryl methyl sites for hydroxylation is 1. The van der Waals surface area contributed by atoms with E-state index in [1.807, 2.05) is 0 Å². The molecule has 1 N–H and O–H groups in total. The van der Waals surface area contributed by atoms with Crippen LogP contribution < -0.4 is 0 Å². The Kier molecular flexibility index (Phi) is 4.32. The lowest BCUT2D eigenvalue weighted by molar-refractivity contribution is -0.137. The molecule has 144 valence electrons. The maximum absolute atomic E-state index is 13.4. The van der Waals surface area contributed by atoms with Gasteiger partial charge in [0.2, 0.25) is 6.23 Å². The minimum atomic E-state index is -4.52. The molecule has 1 aliphatic heterocycles. The Hall–Kier alpha value is -2.64. The average Bonchev–Trinajstić information content (AvgIpc) is 2.87. The minimum absolute atomic E-state index is 0.182. The van der Waals surface area contributed by atoms with Crippen LogP contribution in [0.5, 0.6) is 0 Å². The summed E-state index contributed by atoms with van der Waals surface area (Å²) >= 11 is 6.29. The number of rotatable bonds is 1. The van der Waals surface area contributed by atoms with E-state index in [1.54, 1.807) is 42.7 Å². The van der Waals surface area contributed by atoms with Crippen LogP contribution in [0.15, 0.2) is 47.5 Å². The molecule has 1 aromatic heterocycles. The lowest BCUT2D eigenvalue weighted by Crippen LogP contribution is -2.12. The molecule has 3 aromatic rings. The summed E-state index contributed by atoms with van der Waals surface area (Å²) in [6.07, 6.45) is -5.87. The molecule has 0 amide bonds. The number of aromatic nitrogens is 2. The number of aliphatic imine (C=N–C) groups is 1. The zero-order valence-corrected chi connectivity index (χ0v) is 15.7. The highest BCUT2D eigenvalue weighted by atomic mass is 35.5. The first-order valence-corrected chi connectivity index (χ1v) is 8.85. The zero-order valence-electron chi connectivity index (χ0n) is 14.9. The number of aliphatic hydroxyl groups excluding tert-OH is 1. The van der Waals surface area contributed by atoms with Gasteiger partial charge >= 0.3 is 6.18 Å². The first-order valence-electron chi connectivity index (χ1n) is 8.47. The average molecular weight is 406 g/mol. The van der Waals surface area contributed by atoms with Gasteiger partial charge in [-0.2, -0.15) is 13.2 Å². The molecular formula is C20H15ClF3N3O. The van der Waals surface area contributed by atoms with E-state index >= 15 is 0 Å². The fourth-order valence-electron chi connectivity index (χ4n) is 3.33. The SMILES string of the molecule is Cc1nc2n(c1C)-c1ccc(C(F)(F)F)cc1C(c1ccccc1Cl)=NC2O. The number of aliphatic hydroxyl groups is 1. The highest BCUT2D eigenvalue weighted by Gasteiger charge is 2.34. The number of fused-ring (bicyclic) bond motifs is 3. The van der Waals surface area contributed by atoms with Crippen molar-refractivity contribution < 1.29 is 18.3 Å². The van der Waals surface area contributed by atoms with Crippen molar-refractivity contribution >= 4 is 17.3 Å². The number of hydrogen-bond acceptors (Lipinski definition) is 3. The summed E-state index contributed by atoms with van der Waals surface area (Å²) in [4.78, 5) is 8.67. The minimum Gasteiger partial charge on any atom is -0.365 e. The molecule has 1 unspecified atom stereocenters. The Balaban J connectivity index is 2.08. The van der Waals surface area contributed by atoms with Crippen LogP contribution >= 0.6 is 11.6 Å². The van der Waals surface area contributed by atoms with Gasteiger partial charge in [0.05, 0.1) is 22.7 Å². The van der Waals surface area contributed by atoms with Crippen LogP contribution in [0.1, 0.15) is 40.1 Å². The number of halogens is 4. The summed E-state index contributed by atoms with van der Waals surface area (Å²) < 4.78 is 41.8. The molecule has 2 heterocycles. The van der Waals surface area contributed by atoms with Crippen molar-refractivity contribution in [2.75, 3.05) is 0 Å². The lowest BCUT2D eigenvalue weighted by Gasteiger charge is -2.16. The van der Waals surface area contributed by atoms with Crippen LogP contribution in [0.3, 0.4) is 0 Å². The van der Waals surface area contributed by atoms with Crippen molar-refractivity contribution in [1.29, 1.82) is 0 Å². The molecule has 8 heteroatoms. The predicted octanol–water partition coefficient (Wildman–Crippen LogP) is 5.00. The van der Waals surface area contributed by atoms with Crippen LogP contribution in [-0.2, 0) is 6.18 Å². The van der Waals surface area contributed by atoms with E-state index in [4.69, 9.17) is 11.6 Å². The van der Waals surface area contributed by atoms with Crippen LogP contribution in [0.25, 0.3) is 5.69 Å². The van der Waals surface area contributed by atoms with E-state index in [0.29, 0.717) is 27.7 Å². The quantitative estimate of drug-likeness (QED) is 0.619. The third-order valence-corrected chi connectivity index (χ3v) is 5.13. The van der Waals surface area contributed by atoms with Crippen molar-refractivity contribution in [3.05, 3.63) is 81.4 Å². The van der Waals surface area contributed by atoms with Crippen molar-refractivity contribution in [1.82, 2.24) is 9.55 Å². The Labute approximate surface area is 163 Å². The summed E-state index contributed by atoms with van der Waals surface area (Å²) in [5.74, 6) is 0.248. The van der Waals surface area contributed by atoms with Gasteiger partial charge in [-0.15, -0.1) is 0 Å². The van der Waals surface area contributed by atoms with E-state index < -0.39 is 18.0 Å². The highest BCUT2D eigenvalue weighted by Crippen LogP contribution is 2.37. The molecule has 4 rings (SSSR count). The molecule has 1 atom stereocenters. The Bertz CT molecular complexity index is 1120. The maximum Gasteiger partial charge on any atom is 0.416 e. The van der Waals surface area contributed by atoms with Gasteiger partial charge < -0.3 is 5.11 Å². The van der Waals surface area contributed by atoms with Gasteiger partial charge in [0.15, 0.2) is 5.82 Å². The van der Waals surface area contributed by atoms with Gasteiger partial charge in [0.25, 0.3) is 0 Å². The standard InChI is InChI=1S/C20H15ClF3N3O/c1-10-11(2)27-16-8-7-12(20(22,23)24)9-14(16)17(26-19(28)18(27)25-10)13-5-3-4-6-15(13)21/h3-9,19,28H,1-2H3. The molecule has 0 bridgehead atoms. The molecule has 0 spiro atoms. The predicted molar refractivity (Wildman–Crippen MR) is 100 cm³/mol. The summed E-state index contributed by atoms with van der Waals surface area (Å²) in [7, 11) is 0. The van der Waals surface area contributed by atoms with Crippen LogP contribution in [-0.4, -0.2) is 20.4 Å². The van der Waals surface area contributed by atoms with Crippen LogP contribution in [0.2, 0.25) is 5.02 Å². The van der Waals surface area contributed by atoms with Gasteiger partial charge in [0.1, 0.15) is 0 Å². The molecule has 0 fully saturated rings. The third-order valence-electron chi connectivity index (χ3n) is 4.80. The van der Waals surface area contributed by atoms with E-state index in [-0.39, 0.29) is 17.1 Å². The third kappa shape index (κ3) is 2.91. The first kappa shape index (κ1) is 18.7. The summed E-state index contributed by atoms with van der Waals surface area (Å²) in [5.41, 5.74) is 1.86. The van der Waals surface area contributed by atoms with Crippen molar-refractivity contribution in [3.8, 4) is 5.69 Å². The summed E-state index contributed by atoms with van der Waals surface area (Å²) in [5, 5.41) is 11.0. The maximum atomic E-state index is 13.4. The Morgan fingerprint density at radius 1 is 1.07 bits per heavy atom. The molecule has 1 aliphatic rings. The van der Waals surface area contributed by atoms with E-state index in [0.717, 1.165) is 12.1 Å². The number of alkyl halides is 3. The van der Waals surface area contributed by atoms with Crippen LogP contribution in [0.4, 0.5) is 13.2 Å². The molecule has 4 nitrogen and oxygen atoms in total. The number of nitrogens with zero attached hydrogens (tertiary/aromatic N) is 3. The fourth-order valence-corrected chi connectivity index (χ4v) is 3.55. The van der Waals surface area contributed by atoms with Gasteiger partial charge in [-0.05, 0) is 38.1 Å². The van der Waals surface area contributed by atoms with Gasteiger partial charge in [0, 0.05) is 21.8 Å². The molecule has 28 heavy (non-hydrogen) atoms. The number of hydrogen-bond donors (Lipinski definition) is 1. The zero-order chi connectivity index (χ0) is 20.2. The molecule has 0 aliphatic carbocycles. The second kappa shape index (κ2) is 6.46. The fraction of sp³-hybridized carbons (Fsp3) is 0.200. The first-order chi connectivity index (χ1) is 13.2. The molecule has 2 aromatic carbocycles. The second-order valence-electron chi connectivity index (χ2n) is 6.54. The molecule has 0 saturated carbocycles. The van der Waals surface area contributed by atoms with Crippen LogP contribution in [0, 0.1) is 13.8 Å². The lowest BCUT2D eigenvalue weighted by atomic mass is 9.98. The second-order valence-corrected chi connectivity index (χ2v) is 6.94. The molecule has 0 saturated heterocycles. The number of imidazole rings is 1. The Morgan fingerprint density at radius 3 is 2.46 bits per heavy atom. The monoisotopic (exact) mass is 405 g/mol. The van der Waals surface area contributed by atoms with E-state index in [2.05, 4.69) is 9.98 Å². The van der Waals surface area contributed by atoms with Gasteiger partial charge in [-0.3, -0.25) is 4.57 Å². The van der Waals surface area contributed by atoms with Gasteiger partial charge in [-0.25, -0.2) is 9.98 Å². The van der Waals surface area contributed by atoms with Gasteiger partial charge in [-0.1, -0.05) is 29.8 Å². The smallest absolute Gasteiger partial charge is 0.365 e. The summed E-state index contributed by atoms with van der Waals surface area (Å²) in [6, 6.07) is 10.1.